The Morgan fingerprint density at radius 3 is 3.12 bits per heavy atom. The maximum absolute atomic E-state index is 11.3. The lowest BCUT2D eigenvalue weighted by atomic mass is 9.97. The van der Waals surface area contributed by atoms with Crippen molar-refractivity contribution < 1.29 is 4.74 Å². The second kappa shape index (κ2) is 3.60. The summed E-state index contributed by atoms with van der Waals surface area (Å²) in [6.07, 6.45) is 0.825. The van der Waals surface area contributed by atoms with Crippen LogP contribution in [0.2, 0.25) is 0 Å². The molecule has 0 bridgehead atoms. The minimum absolute atomic E-state index is 0.0575. The van der Waals surface area contributed by atoms with E-state index in [9.17, 15) is 4.79 Å². The molecule has 3 N–H and O–H groups in total. The van der Waals surface area contributed by atoms with Crippen molar-refractivity contribution in [3.63, 3.8) is 0 Å². The van der Waals surface area contributed by atoms with Crippen molar-refractivity contribution in [3.8, 4) is 5.75 Å². The molecule has 0 saturated carbocycles. The van der Waals surface area contributed by atoms with E-state index in [1.165, 1.54) is 6.07 Å². The average molecular weight is 230 g/mol. The molecule has 1 aromatic carbocycles. The van der Waals surface area contributed by atoms with Gasteiger partial charge in [0.1, 0.15) is 12.4 Å². The zero-order valence-corrected chi connectivity index (χ0v) is 9.62. The largest absolute Gasteiger partial charge is 0.491 e. The lowest BCUT2D eigenvalue weighted by Gasteiger charge is -2.24. The number of benzene rings is 1. The fourth-order valence-electron chi connectivity index (χ4n) is 2.40. The zero-order chi connectivity index (χ0) is 12.0. The molecule has 1 unspecified atom stereocenters. The van der Waals surface area contributed by atoms with Gasteiger partial charge in [0.2, 0.25) is 5.56 Å². The Labute approximate surface area is 98.4 Å². The molecule has 2 heterocycles. The molecule has 0 radical (unpaired) electrons. The number of aryl methyl sites for hydroxylation is 1. The van der Waals surface area contributed by atoms with Gasteiger partial charge in [-0.15, -0.1) is 0 Å². The van der Waals surface area contributed by atoms with Crippen LogP contribution < -0.4 is 16.0 Å². The fourth-order valence-corrected chi connectivity index (χ4v) is 2.40. The fraction of sp³-hybridized carbons (Fsp3) is 0.308. The van der Waals surface area contributed by atoms with Crippen LogP contribution in [-0.4, -0.2) is 17.6 Å². The Kier molecular flexibility index (Phi) is 2.19. The van der Waals surface area contributed by atoms with Crippen LogP contribution in [0, 0.1) is 6.92 Å². The summed E-state index contributed by atoms with van der Waals surface area (Å²) in [5.41, 5.74) is 8.82. The molecule has 17 heavy (non-hydrogen) atoms. The highest BCUT2D eigenvalue weighted by Crippen LogP contribution is 2.33. The van der Waals surface area contributed by atoms with Gasteiger partial charge < -0.3 is 15.5 Å². The van der Waals surface area contributed by atoms with Crippen LogP contribution in [-0.2, 0) is 6.42 Å². The van der Waals surface area contributed by atoms with E-state index in [0.717, 1.165) is 34.2 Å². The van der Waals surface area contributed by atoms with E-state index >= 15 is 0 Å². The molecule has 0 spiro atoms. The molecule has 1 aliphatic heterocycles. The van der Waals surface area contributed by atoms with Crippen molar-refractivity contribution in [2.75, 3.05) is 6.61 Å². The first kappa shape index (κ1) is 10.4. The number of rotatable bonds is 0. The van der Waals surface area contributed by atoms with Crippen molar-refractivity contribution >= 4 is 10.9 Å². The molecule has 0 aliphatic carbocycles. The summed E-state index contributed by atoms with van der Waals surface area (Å²) >= 11 is 0. The summed E-state index contributed by atoms with van der Waals surface area (Å²) in [4.78, 5) is 14.2. The number of nitrogens with one attached hydrogen (secondary N) is 1. The van der Waals surface area contributed by atoms with Gasteiger partial charge in [-0.05, 0) is 30.5 Å². The summed E-state index contributed by atoms with van der Waals surface area (Å²) < 4.78 is 5.70. The van der Waals surface area contributed by atoms with Gasteiger partial charge in [-0.1, -0.05) is 6.07 Å². The van der Waals surface area contributed by atoms with Crippen LogP contribution in [0.15, 0.2) is 23.0 Å². The number of hydrogen-bond donors (Lipinski definition) is 2. The number of hydrogen-bond acceptors (Lipinski definition) is 3. The molecule has 0 fully saturated rings. The highest BCUT2D eigenvalue weighted by Gasteiger charge is 2.20. The first-order valence-electron chi connectivity index (χ1n) is 5.69. The first-order valence-corrected chi connectivity index (χ1v) is 5.69. The maximum atomic E-state index is 11.3. The van der Waals surface area contributed by atoms with E-state index in [1.807, 2.05) is 19.1 Å². The molecule has 88 valence electrons. The third-order valence-corrected chi connectivity index (χ3v) is 3.16. The minimum Gasteiger partial charge on any atom is -0.491 e. The third kappa shape index (κ3) is 1.61. The van der Waals surface area contributed by atoms with E-state index < -0.39 is 0 Å². The monoisotopic (exact) mass is 230 g/mol. The number of ether oxygens (including phenoxy) is 1. The van der Waals surface area contributed by atoms with Crippen molar-refractivity contribution in [1.82, 2.24) is 4.98 Å². The Bertz CT molecular complexity index is 646. The number of aromatic nitrogens is 1. The van der Waals surface area contributed by atoms with Gasteiger partial charge >= 0.3 is 0 Å². The van der Waals surface area contributed by atoms with E-state index in [4.69, 9.17) is 10.5 Å². The minimum atomic E-state index is -0.0898. The van der Waals surface area contributed by atoms with E-state index in [2.05, 4.69) is 4.98 Å². The lowest BCUT2D eigenvalue weighted by molar-refractivity contribution is 0.267. The van der Waals surface area contributed by atoms with E-state index in [0.29, 0.717) is 6.61 Å². The smallest absolute Gasteiger partial charge is 0.248 e. The molecule has 0 saturated heterocycles. The van der Waals surface area contributed by atoms with Gasteiger partial charge in [0, 0.05) is 17.5 Å². The van der Waals surface area contributed by atoms with Crippen LogP contribution in [0.25, 0.3) is 10.9 Å². The molecule has 2 aromatic rings. The van der Waals surface area contributed by atoms with Crippen molar-refractivity contribution in [2.45, 2.75) is 19.4 Å². The second-order valence-electron chi connectivity index (χ2n) is 4.57. The van der Waals surface area contributed by atoms with E-state index in [1.54, 1.807) is 0 Å². The Hall–Kier alpha value is -1.81. The lowest BCUT2D eigenvalue weighted by Crippen LogP contribution is -2.34. The molecular weight excluding hydrogens is 216 g/mol. The quantitative estimate of drug-likeness (QED) is 0.712. The van der Waals surface area contributed by atoms with Crippen molar-refractivity contribution in [3.05, 3.63) is 39.7 Å². The van der Waals surface area contributed by atoms with Crippen LogP contribution >= 0.6 is 0 Å². The maximum Gasteiger partial charge on any atom is 0.248 e. The van der Waals surface area contributed by atoms with Gasteiger partial charge in [0.15, 0.2) is 0 Å². The standard InChI is InChI=1S/C13H14N2O2/c1-7-4-8-5-9(14)6-17-13(8)10-2-3-11(16)15-12(7)10/h2-4,9H,5-6,14H2,1H3,(H,15,16). The highest BCUT2D eigenvalue weighted by atomic mass is 16.5. The topological polar surface area (TPSA) is 68.1 Å². The Morgan fingerprint density at radius 2 is 2.29 bits per heavy atom. The van der Waals surface area contributed by atoms with Gasteiger partial charge in [-0.3, -0.25) is 4.79 Å². The predicted octanol–water partition coefficient (Wildman–Crippen LogP) is 1.10. The third-order valence-electron chi connectivity index (χ3n) is 3.16. The van der Waals surface area contributed by atoms with Gasteiger partial charge in [0.05, 0.1) is 5.52 Å². The van der Waals surface area contributed by atoms with Gasteiger partial charge in [-0.25, -0.2) is 0 Å². The molecule has 3 rings (SSSR count). The number of H-pyrrole nitrogens is 1. The number of pyridine rings is 1. The molecule has 4 heteroatoms. The summed E-state index contributed by atoms with van der Waals surface area (Å²) in [5, 5.41) is 0.964. The Morgan fingerprint density at radius 1 is 1.47 bits per heavy atom. The van der Waals surface area contributed by atoms with Crippen LogP contribution in [0.1, 0.15) is 11.1 Å². The van der Waals surface area contributed by atoms with Gasteiger partial charge in [0.25, 0.3) is 0 Å². The predicted molar refractivity (Wildman–Crippen MR) is 66.5 cm³/mol. The first-order chi connectivity index (χ1) is 8.15. The number of nitrogens with two attached hydrogens (primary N) is 1. The summed E-state index contributed by atoms with van der Waals surface area (Å²) in [6, 6.07) is 5.45. The summed E-state index contributed by atoms with van der Waals surface area (Å²) in [7, 11) is 0. The molecule has 1 atom stereocenters. The van der Waals surface area contributed by atoms with Crippen molar-refractivity contribution in [1.29, 1.82) is 0 Å². The van der Waals surface area contributed by atoms with Crippen LogP contribution in [0.4, 0.5) is 0 Å². The summed E-state index contributed by atoms with van der Waals surface area (Å²) in [6.45, 7) is 2.52. The van der Waals surface area contributed by atoms with Crippen molar-refractivity contribution in [2.24, 2.45) is 5.73 Å². The van der Waals surface area contributed by atoms with Crippen LogP contribution in [0.3, 0.4) is 0 Å². The molecule has 1 aliphatic rings. The summed E-state index contributed by atoms with van der Waals surface area (Å²) in [5.74, 6) is 0.864. The average Bonchev–Trinajstić information content (AvgIpc) is 2.29. The number of fused-ring (bicyclic) bond motifs is 3. The Balaban J connectivity index is 2.34. The highest BCUT2D eigenvalue weighted by molar-refractivity contribution is 5.89. The normalized spacial score (nSPS) is 18.8. The molecule has 1 aromatic heterocycles. The molecular formula is C13H14N2O2. The molecule has 0 amide bonds. The zero-order valence-electron chi connectivity index (χ0n) is 9.62. The van der Waals surface area contributed by atoms with Gasteiger partial charge in [-0.2, -0.15) is 0 Å². The SMILES string of the molecule is Cc1cc2c(c3ccc(=O)[nH]c13)OCC(N)C2. The van der Waals surface area contributed by atoms with Crippen LogP contribution in [0.5, 0.6) is 5.75 Å². The molecule has 4 nitrogen and oxygen atoms in total. The van der Waals surface area contributed by atoms with E-state index in [-0.39, 0.29) is 11.6 Å². The second-order valence-corrected chi connectivity index (χ2v) is 4.57. The number of aromatic amines is 1.